The Labute approximate surface area is 79.7 Å². The Morgan fingerprint density at radius 2 is 2.15 bits per heavy atom. The number of hydrogen-bond donors (Lipinski definition) is 0. The topological polar surface area (TPSA) is 43.1 Å². The molecule has 0 heterocycles. The minimum absolute atomic E-state index is 0.0997. The van der Waals surface area contributed by atoms with Gasteiger partial charge in [0.25, 0.3) is 0 Å². The minimum atomic E-state index is -0.563. The highest BCUT2D eigenvalue weighted by atomic mass is 16.6. The molecule has 0 aromatic heterocycles. The van der Waals surface area contributed by atoms with Gasteiger partial charge < -0.3 is 0 Å². The number of nitro groups is 1. The first-order valence-corrected chi connectivity index (χ1v) is 5.25. The fourth-order valence-corrected chi connectivity index (χ4v) is 1.89. The molecule has 3 heteroatoms. The summed E-state index contributed by atoms with van der Waals surface area (Å²) in [6.07, 6.45) is 6.76. The Kier molecular flexibility index (Phi) is 3.28. The molecule has 3 nitrogen and oxygen atoms in total. The standard InChI is InChI=1S/C10H19NO2/c1-3-4-5-6-7-9-8-10(9,2)11(12)13/h9H,3-8H2,1-2H3/t9-,10+/m1/s1. The van der Waals surface area contributed by atoms with E-state index in [0.29, 0.717) is 5.92 Å². The van der Waals surface area contributed by atoms with Gasteiger partial charge in [-0.1, -0.05) is 32.6 Å². The summed E-state index contributed by atoms with van der Waals surface area (Å²) in [5.41, 5.74) is -0.563. The highest BCUT2D eigenvalue weighted by Crippen LogP contribution is 2.48. The Balaban J connectivity index is 2.10. The molecule has 0 aromatic rings. The zero-order chi connectivity index (χ0) is 9.90. The summed E-state index contributed by atoms with van der Waals surface area (Å²) in [4.78, 5) is 10.5. The molecule has 0 radical (unpaired) electrons. The van der Waals surface area contributed by atoms with Crippen molar-refractivity contribution in [1.82, 2.24) is 0 Å². The molecule has 1 fully saturated rings. The van der Waals surface area contributed by atoms with Gasteiger partial charge in [0.05, 0.1) is 0 Å². The molecular formula is C10H19NO2. The Morgan fingerprint density at radius 1 is 1.46 bits per heavy atom. The van der Waals surface area contributed by atoms with E-state index in [4.69, 9.17) is 0 Å². The van der Waals surface area contributed by atoms with E-state index >= 15 is 0 Å². The van der Waals surface area contributed by atoms with E-state index in [0.717, 1.165) is 12.8 Å². The summed E-state index contributed by atoms with van der Waals surface area (Å²) in [6.45, 7) is 3.95. The summed E-state index contributed by atoms with van der Waals surface area (Å²) in [6, 6.07) is 0. The maximum absolute atomic E-state index is 10.6. The van der Waals surface area contributed by atoms with Crippen molar-refractivity contribution in [3.05, 3.63) is 10.1 Å². The van der Waals surface area contributed by atoms with Gasteiger partial charge in [-0.3, -0.25) is 10.1 Å². The van der Waals surface area contributed by atoms with E-state index in [1.165, 1.54) is 25.7 Å². The Morgan fingerprint density at radius 3 is 2.62 bits per heavy atom. The van der Waals surface area contributed by atoms with Gasteiger partial charge >= 0.3 is 0 Å². The van der Waals surface area contributed by atoms with Crippen LogP contribution < -0.4 is 0 Å². The molecule has 0 N–H and O–H groups in total. The third-order valence-corrected chi connectivity index (χ3v) is 3.20. The van der Waals surface area contributed by atoms with Crippen LogP contribution in [0.1, 0.15) is 52.4 Å². The SMILES string of the molecule is CCCCCC[C@@H]1C[C@]1(C)[N+](=O)[O-]. The van der Waals surface area contributed by atoms with Gasteiger partial charge in [-0.25, -0.2) is 0 Å². The third kappa shape index (κ3) is 2.42. The molecule has 1 aliphatic carbocycles. The molecule has 0 spiro atoms. The molecule has 1 saturated carbocycles. The van der Waals surface area contributed by atoms with Gasteiger partial charge in [-0.05, 0) is 6.42 Å². The lowest BCUT2D eigenvalue weighted by Gasteiger charge is -2.02. The van der Waals surface area contributed by atoms with E-state index in [-0.39, 0.29) is 4.92 Å². The monoisotopic (exact) mass is 185 g/mol. The molecule has 76 valence electrons. The zero-order valence-electron chi connectivity index (χ0n) is 8.58. The number of unbranched alkanes of at least 4 members (excludes halogenated alkanes) is 3. The highest BCUT2D eigenvalue weighted by molar-refractivity contribution is 4.99. The van der Waals surface area contributed by atoms with E-state index < -0.39 is 5.54 Å². The molecule has 1 rings (SSSR count). The van der Waals surface area contributed by atoms with Crippen molar-refractivity contribution in [2.24, 2.45) is 5.92 Å². The molecule has 0 bridgehead atoms. The van der Waals surface area contributed by atoms with Crippen LogP contribution in [0.3, 0.4) is 0 Å². The fourth-order valence-electron chi connectivity index (χ4n) is 1.89. The third-order valence-electron chi connectivity index (χ3n) is 3.20. The van der Waals surface area contributed by atoms with Crippen molar-refractivity contribution in [2.45, 2.75) is 57.9 Å². The zero-order valence-corrected chi connectivity index (χ0v) is 8.58. The van der Waals surface area contributed by atoms with Gasteiger partial charge in [0.2, 0.25) is 5.54 Å². The smallest absolute Gasteiger partial charge is 0.223 e. The summed E-state index contributed by atoms with van der Waals surface area (Å²) in [7, 11) is 0. The predicted octanol–water partition coefficient (Wildman–Crippen LogP) is 3.01. The second-order valence-corrected chi connectivity index (χ2v) is 4.36. The van der Waals surface area contributed by atoms with Crippen LogP contribution in [0.15, 0.2) is 0 Å². The number of hydrogen-bond acceptors (Lipinski definition) is 2. The van der Waals surface area contributed by atoms with Gasteiger partial charge in [0, 0.05) is 24.2 Å². The van der Waals surface area contributed by atoms with Gasteiger partial charge in [-0.15, -0.1) is 0 Å². The van der Waals surface area contributed by atoms with Crippen LogP contribution in [0.5, 0.6) is 0 Å². The summed E-state index contributed by atoms with van der Waals surface area (Å²) >= 11 is 0. The normalized spacial score (nSPS) is 31.7. The molecule has 0 aromatic carbocycles. The fraction of sp³-hybridized carbons (Fsp3) is 1.00. The van der Waals surface area contributed by atoms with E-state index in [1.807, 2.05) is 0 Å². The molecule has 0 unspecified atom stereocenters. The van der Waals surface area contributed by atoms with Crippen LogP contribution in [0, 0.1) is 16.0 Å². The van der Waals surface area contributed by atoms with Crippen molar-refractivity contribution in [1.29, 1.82) is 0 Å². The average molecular weight is 185 g/mol. The largest absolute Gasteiger partial charge is 0.264 e. The second kappa shape index (κ2) is 4.07. The van der Waals surface area contributed by atoms with Crippen LogP contribution in [-0.4, -0.2) is 10.5 Å². The van der Waals surface area contributed by atoms with Crippen molar-refractivity contribution >= 4 is 0 Å². The maximum Gasteiger partial charge on any atom is 0.223 e. The first-order chi connectivity index (χ1) is 6.11. The highest BCUT2D eigenvalue weighted by Gasteiger charge is 2.61. The molecule has 2 atom stereocenters. The van der Waals surface area contributed by atoms with Crippen molar-refractivity contribution in [3.63, 3.8) is 0 Å². The second-order valence-electron chi connectivity index (χ2n) is 4.36. The lowest BCUT2D eigenvalue weighted by Crippen LogP contribution is -2.19. The lowest BCUT2D eigenvalue weighted by molar-refractivity contribution is -0.537. The predicted molar refractivity (Wildman–Crippen MR) is 52.3 cm³/mol. The Hall–Kier alpha value is -0.600. The van der Waals surface area contributed by atoms with Crippen LogP contribution in [0.4, 0.5) is 0 Å². The molecular weight excluding hydrogens is 166 g/mol. The van der Waals surface area contributed by atoms with Crippen molar-refractivity contribution in [3.8, 4) is 0 Å². The number of nitrogens with zero attached hydrogens (tertiary/aromatic N) is 1. The maximum atomic E-state index is 10.6. The van der Waals surface area contributed by atoms with E-state index in [2.05, 4.69) is 6.92 Å². The van der Waals surface area contributed by atoms with Crippen molar-refractivity contribution < 1.29 is 4.92 Å². The van der Waals surface area contributed by atoms with E-state index in [9.17, 15) is 10.1 Å². The lowest BCUT2D eigenvalue weighted by atomic mass is 10.1. The number of rotatable bonds is 6. The van der Waals surface area contributed by atoms with Gasteiger partial charge in [0.1, 0.15) is 0 Å². The van der Waals surface area contributed by atoms with Gasteiger partial charge in [-0.2, -0.15) is 0 Å². The first-order valence-electron chi connectivity index (χ1n) is 5.25. The average Bonchev–Trinajstić information content (AvgIpc) is 2.73. The minimum Gasteiger partial charge on any atom is -0.264 e. The van der Waals surface area contributed by atoms with Crippen LogP contribution >= 0.6 is 0 Å². The van der Waals surface area contributed by atoms with Crippen molar-refractivity contribution in [2.75, 3.05) is 0 Å². The van der Waals surface area contributed by atoms with Crippen LogP contribution in [0.2, 0.25) is 0 Å². The molecule has 0 amide bonds. The summed E-state index contributed by atoms with van der Waals surface area (Å²) < 4.78 is 0. The molecule has 1 aliphatic rings. The van der Waals surface area contributed by atoms with E-state index in [1.54, 1.807) is 6.92 Å². The first kappa shape index (κ1) is 10.5. The molecule has 13 heavy (non-hydrogen) atoms. The Bertz CT molecular complexity index is 193. The quantitative estimate of drug-likeness (QED) is 0.362. The summed E-state index contributed by atoms with van der Waals surface area (Å²) in [5, 5.41) is 10.6. The molecule has 0 aliphatic heterocycles. The summed E-state index contributed by atoms with van der Waals surface area (Å²) in [5.74, 6) is 0.361. The molecule has 0 saturated heterocycles. The van der Waals surface area contributed by atoms with Crippen LogP contribution in [0.25, 0.3) is 0 Å². The van der Waals surface area contributed by atoms with Gasteiger partial charge in [0.15, 0.2) is 0 Å². The van der Waals surface area contributed by atoms with Crippen LogP contribution in [-0.2, 0) is 0 Å².